The number of nitrogens with one attached hydrogen (secondary N) is 1. The first-order valence-corrected chi connectivity index (χ1v) is 10.8. The number of nitrogens with zero attached hydrogens (tertiary/aromatic N) is 1. The molecule has 0 aromatic heterocycles. The molecule has 1 aliphatic rings. The average molecular weight is 389 g/mol. The van der Waals surface area contributed by atoms with E-state index in [-0.39, 0.29) is 6.54 Å². The molecule has 6 heteroatoms. The summed E-state index contributed by atoms with van der Waals surface area (Å²) in [6, 6.07) is 11.7. The third kappa shape index (κ3) is 4.89. The number of hydrogen-bond acceptors (Lipinski definition) is 4. The van der Waals surface area contributed by atoms with Gasteiger partial charge in [-0.2, -0.15) is 0 Å². The quantitative estimate of drug-likeness (QED) is 0.790. The van der Waals surface area contributed by atoms with Crippen molar-refractivity contribution in [3.05, 3.63) is 58.7 Å². The van der Waals surface area contributed by atoms with E-state index in [0.717, 1.165) is 12.1 Å². The summed E-state index contributed by atoms with van der Waals surface area (Å²) in [6.07, 6.45) is 2.56. The van der Waals surface area contributed by atoms with Crippen LogP contribution in [-0.2, 0) is 23.1 Å². The highest BCUT2D eigenvalue weighted by Crippen LogP contribution is 2.25. The number of hydrogen-bond donors (Lipinski definition) is 1. The predicted molar refractivity (Wildman–Crippen MR) is 107 cm³/mol. The molecular formula is C21H28N2O3S. The van der Waals surface area contributed by atoms with Crippen molar-refractivity contribution >= 4 is 10.0 Å². The molecule has 3 rings (SSSR count). The highest BCUT2D eigenvalue weighted by atomic mass is 32.2. The SMILES string of the molecule is COc1cc(C)c(S(=O)(=O)NCc2ccc(CN3CCCC3)cc2)c(C)c1. The molecular weight excluding hydrogens is 360 g/mol. The molecule has 0 spiro atoms. The zero-order chi connectivity index (χ0) is 19.4. The molecule has 1 N–H and O–H groups in total. The minimum absolute atomic E-state index is 0.275. The number of ether oxygens (including phenoxy) is 1. The fourth-order valence-corrected chi connectivity index (χ4v) is 5.13. The van der Waals surface area contributed by atoms with Crippen molar-refractivity contribution in [1.29, 1.82) is 0 Å². The first kappa shape index (κ1) is 19.9. The van der Waals surface area contributed by atoms with Gasteiger partial charge in [-0.05, 0) is 74.2 Å². The molecule has 0 aliphatic carbocycles. The van der Waals surface area contributed by atoms with Crippen LogP contribution in [0.3, 0.4) is 0 Å². The summed E-state index contributed by atoms with van der Waals surface area (Å²) in [5, 5.41) is 0. The molecule has 1 aliphatic heterocycles. The van der Waals surface area contributed by atoms with Gasteiger partial charge in [-0.1, -0.05) is 24.3 Å². The van der Waals surface area contributed by atoms with Crippen LogP contribution in [0.2, 0.25) is 0 Å². The Labute approximate surface area is 162 Å². The smallest absolute Gasteiger partial charge is 0.241 e. The van der Waals surface area contributed by atoms with Gasteiger partial charge in [-0.3, -0.25) is 4.90 Å². The fraction of sp³-hybridized carbons (Fsp3) is 0.429. The number of sulfonamides is 1. The Balaban J connectivity index is 1.66. The lowest BCUT2D eigenvalue weighted by Gasteiger charge is -2.15. The molecule has 1 saturated heterocycles. The largest absolute Gasteiger partial charge is 0.497 e. The molecule has 5 nitrogen and oxygen atoms in total. The summed E-state index contributed by atoms with van der Waals surface area (Å²) < 4.78 is 33.5. The summed E-state index contributed by atoms with van der Waals surface area (Å²) in [6.45, 7) is 7.16. The Morgan fingerprint density at radius 3 is 2.11 bits per heavy atom. The summed E-state index contributed by atoms with van der Waals surface area (Å²) in [5.41, 5.74) is 3.58. The molecule has 0 bridgehead atoms. The Bertz CT molecular complexity index is 863. The molecule has 0 radical (unpaired) electrons. The van der Waals surface area contributed by atoms with Crippen molar-refractivity contribution in [2.24, 2.45) is 0 Å². The van der Waals surface area contributed by atoms with E-state index in [2.05, 4.69) is 21.8 Å². The van der Waals surface area contributed by atoms with Gasteiger partial charge in [0.05, 0.1) is 12.0 Å². The summed E-state index contributed by atoms with van der Waals surface area (Å²) in [4.78, 5) is 2.78. The molecule has 0 amide bonds. The second-order valence-corrected chi connectivity index (χ2v) is 8.92. The number of aryl methyl sites for hydroxylation is 2. The minimum Gasteiger partial charge on any atom is -0.497 e. The van der Waals surface area contributed by atoms with E-state index < -0.39 is 10.0 Å². The Kier molecular flexibility index (Phi) is 6.19. The van der Waals surface area contributed by atoms with Crippen molar-refractivity contribution in [1.82, 2.24) is 9.62 Å². The molecule has 2 aromatic carbocycles. The second-order valence-electron chi connectivity index (χ2n) is 7.21. The molecule has 0 unspecified atom stereocenters. The van der Waals surface area contributed by atoms with Gasteiger partial charge in [0.15, 0.2) is 0 Å². The van der Waals surface area contributed by atoms with Crippen LogP contribution >= 0.6 is 0 Å². The number of rotatable bonds is 7. The number of likely N-dealkylation sites (tertiary alicyclic amines) is 1. The maximum absolute atomic E-state index is 12.8. The van der Waals surface area contributed by atoms with Gasteiger partial charge in [0.1, 0.15) is 5.75 Å². The van der Waals surface area contributed by atoms with E-state index >= 15 is 0 Å². The molecule has 1 fully saturated rings. The van der Waals surface area contributed by atoms with Crippen molar-refractivity contribution in [3.63, 3.8) is 0 Å². The maximum Gasteiger partial charge on any atom is 0.241 e. The third-order valence-electron chi connectivity index (χ3n) is 5.03. The van der Waals surface area contributed by atoms with E-state index in [4.69, 9.17) is 4.74 Å². The highest BCUT2D eigenvalue weighted by Gasteiger charge is 2.20. The minimum atomic E-state index is -3.59. The first-order valence-electron chi connectivity index (χ1n) is 9.34. The van der Waals surface area contributed by atoms with E-state index in [9.17, 15) is 8.42 Å². The molecule has 0 atom stereocenters. The Morgan fingerprint density at radius 2 is 1.56 bits per heavy atom. The Hall–Kier alpha value is -1.89. The predicted octanol–water partition coefficient (Wildman–Crippen LogP) is 3.39. The topological polar surface area (TPSA) is 58.6 Å². The van der Waals surface area contributed by atoms with Crippen LogP contribution < -0.4 is 9.46 Å². The van der Waals surface area contributed by atoms with Crippen molar-refractivity contribution < 1.29 is 13.2 Å². The van der Waals surface area contributed by atoms with Crippen LogP contribution in [0.15, 0.2) is 41.3 Å². The van der Waals surface area contributed by atoms with Gasteiger partial charge in [-0.15, -0.1) is 0 Å². The van der Waals surface area contributed by atoms with Crippen LogP contribution in [-0.4, -0.2) is 33.5 Å². The summed E-state index contributed by atoms with van der Waals surface area (Å²) in [5.74, 6) is 0.664. The lowest BCUT2D eigenvalue weighted by Crippen LogP contribution is -2.25. The second kappa shape index (κ2) is 8.42. The summed E-state index contributed by atoms with van der Waals surface area (Å²) >= 11 is 0. The standard InChI is InChI=1S/C21H28N2O3S/c1-16-12-20(26-3)13-17(2)21(16)27(24,25)22-14-18-6-8-19(9-7-18)15-23-10-4-5-11-23/h6-9,12-13,22H,4-5,10-11,14-15H2,1-3H3. The molecule has 0 saturated carbocycles. The number of benzene rings is 2. The Morgan fingerprint density at radius 1 is 1.00 bits per heavy atom. The molecule has 1 heterocycles. The zero-order valence-corrected chi connectivity index (χ0v) is 17.1. The normalized spacial score (nSPS) is 15.2. The van der Waals surface area contributed by atoms with Crippen molar-refractivity contribution in [2.45, 2.75) is 44.7 Å². The third-order valence-corrected chi connectivity index (χ3v) is 6.74. The monoisotopic (exact) mass is 388 g/mol. The van der Waals surface area contributed by atoms with Gasteiger partial charge < -0.3 is 4.74 Å². The van der Waals surface area contributed by atoms with Gasteiger partial charge in [0.25, 0.3) is 0 Å². The lowest BCUT2D eigenvalue weighted by atomic mass is 10.1. The van der Waals surface area contributed by atoms with Crippen LogP contribution in [0.4, 0.5) is 0 Å². The molecule has 27 heavy (non-hydrogen) atoms. The van der Waals surface area contributed by atoms with E-state index in [1.165, 1.54) is 31.5 Å². The van der Waals surface area contributed by atoms with Gasteiger partial charge in [-0.25, -0.2) is 13.1 Å². The van der Waals surface area contributed by atoms with Gasteiger partial charge in [0, 0.05) is 13.1 Å². The lowest BCUT2D eigenvalue weighted by molar-refractivity contribution is 0.331. The average Bonchev–Trinajstić information content (AvgIpc) is 3.13. The van der Waals surface area contributed by atoms with Crippen LogP contribution in [0.25, 0.3) is 0 Å². The fourth-order valence-electron chi connectivity index (χ4n) is 3.66. The van der Waals surface area contributed by atoms with Crippen LogP contribution in [0.1, 0.15) is 35.1 Å². The van der Waals surface area contributed by atoms with Crippen LogP contribution in [0, 0.1) is 13.8 Å². The molecule has 146 valence electrons. The molecule has 2 aromatic rings. The van der Waals surface area contributed by atoms with E-state index in [1.807, 2.05) is 12.1 Å². The van der Waals surface area contributed by atoms with E-state index in [0.29, 0.717) is 21.8 Å². The number of methoxy groups -OCH3 is 1. The van der Waals surface area contributed by atoms with Gasteiger partial charge in [0.2, 0.25) is 10.0 Å². The highest BCUT2D eigenvalue weighted by molar-refractivity contribution is 7.89. The van der Waals surface area contributed by atoms with Crippen molar-refractivity contribution in [3.8, 4) is 5.75 Å². The van der Waals surface area contributed by atoms with Crippen molar-refractivity contribution in [2.75, 3.05) is 20.2 Å². The van der Waals surface area contributed by atoms with Crippen LogP contribution in [0.5, 0.6) is 5.75 Å². The van der Waals surface area contributed by atoms with Gasteiger partial charge >= 0.3 is 0 Å². The van der Waals surface area contributed by atoms with E-state index in [1.54, 1.807) is 33.1 Å². The summed E-state index contributed by atoms with van der Waals surface area (Å²) in [7, 11) is -2.01. The maximum atomic E-state index is 12.8. The zero-order valence-electron chi connectivity index (χ0n) is 16.3. The first-order chi connectivity index (χ1) is 12.9.